The smallest absolute Gasteiger partial charge is 0.207 e. The van der Waals surface area contributed by atoms with E-state index >= 15 is 0 Å². The summed E-state index contributed by atoms with van der Waals surface area (Å²) in [7, 11) is -2.06. The van der Waals surface area contributed by atoms with Crippen molar-refractivity contribution in [3.63, 3.8) is 0 Å². The lowest BCUT2D eigenvalue weighted by atomic mass is 10.2. The molecule has 0 aliphatic heterocycles. The van der Waals surface area contributed by atoms with Gasteiger partial charge in [-0.15, -0.1) is 0 Å². The standard InChI is InChI=1S/C15H15BrFNO2S/c1-11-9-14(7-8-15(11)16)21(19,20)18(2)10-12-3-5-13(17)6-4-12/h3-9H,10H2,1-2H3. The van der Waals surface area contributed by atoms with Crippen molar-refractivity contribution in [3.05, 3.63) is 63.9 Å². The number of halogens is 2. The largest absolute Gasteiger partial charge is 0.243 e. The molecule has 0 aromatic heterocycles. The summed E-state index contributed by atoms with van der Waals surface area (Å²) in [5.41, 5.74) is 1.59. The molecule has 0 fully saturated rings. The van der Waals surface area contributed by atoms with Crippen LogP contribution in [0.4, 0.5) is 4.39 Å². The second-order valence-corrected chi connectivity index (χ2v) is 7.70. The highest BCUT2D eigenvalue weighted by atomic mass is 79.9. The fourth-order valence-corrected chi connectivity index (χ4v) is 3.38. The Kier molecular flexibility index (Phi) is 4.81. The third kappa shape index (κ3) is 3.70. The van der Waals surface area contributed by atoms with Gasteiger partial charge in [-0.2, -0.15) is 4.31 Å². The first-order valence-electron chi connectivity index (χ1n) is 6.27. The monoisotopic (exact) mass is 371 g/mol. The van der Waals surface area contributed by atoms with E-state index in [1.807, 2.05) is 6.92 Å². The molecule has 0 bridgehead atoms. The van der Waals surface area contributed by atoms with E-state index in [-0.39, 0.29) is 17.3 Å². The zero-order chi connectivity index (χ0) is 15.6. The van der Waals surface area contributed by atoms with Crippen LogP contribution in [0.15, 0.2) is 51.8 Å². The third-order valence-electron chi connectivity index (χ3n) is 3.16. The highest BCUT2D eigenvalue weighted by Gasteiger charge is 2.21. The van der Waals surface area contributed by atoms with Gasteiger partial charge in [-0.05, 0) is 48.4 Å². The van der Waals surface area contributed by atoms with E-state index in [1.54, 1.807) is 30.3 Å². The lowest BCUT2D eigenvalue weighted by Crippen LogP contribution is -2.26. The summed E-state index contributed by atoms with van der Waals surface area (Å²) in [6.07, 6.45) is 0. The van der Waals surface area contributed by atoms with Gasteiger partial charge in [-0.25, -0.2) is 12.8 Å². The van der Waals surface area contributed by atoms with Crippen LogP contribution in [-0.4, -0.2) is 19.8 Å². The molecule has 0 saturated heterocycles. The maximum atomic E-state index is 12.9. The Balaban J connectivity index is 2.25. The molecule has 2 aromatic rings. The molecule has 0 aliphatic rings. The molecular formula is C15H15BrFNO2S. The molecule has 0 heterocycles. The van der Waals surface area contributed by atoms with Crippen LogP contribution in [0.25, 0.3) is 0 Å². The van der Waals surface area contributed by atoms with Gasteiger partial charge in [-0.3, -0.25) is 0 Å². The lowest BCUT2D eigenvalue weighted by molar-refractivity contribution is 0.466. The van der Waals surface area contributed by atoms with Gasteiger partial charge in [0, 0.05) is 18.1 Å². The molecule has 2 aromatic carbocycles. The fraction of sp³-hybridized carbons (Fsp3) is 0.200. The van der Waals surface area contributed by atoms with E-state index in [4.69, 9.17) is 0 Å². The van der Waals surface area contributed by atoms with Crippen LogP contribution in [0.5, 0.6) is 0 Å². The highest BCUT2D eigenvalue weighted by molar-refractivity contribution is 9.10. The molecule has 6 heteroatoms. The third-order valence-corrected chi connectivity index (χ3v) is 5.85. The summed E-state index contributed by atoms with van der Waals surface area (Å²) in [5, 5.41) is 0. The van der Waals surface area contributed by atoms with Gasteiger partial charge in [0.25, 0.3) is 0 Å². The molecule has 0 unspecified atom stereocenters. The predicted octanol–water partition coefficient (Wildman–Crippen LogP) is 3.72. The molecule has 0 amide bonds. The predicted molar refractivity (Wildman–Crippen MR) is 83.9 cm³/mol. The zero-order valence-electron chi connectivity index (χ0n) is 11.7. The molecule has 112 valence electrons. The normalized spacial score (nSPS) is 11.9. The van der Waals surface area contributed by atoms with Crippen molar-refractivity contribution >= 4 is 26.0 Å². The molecule has 0 saturated carbocycles. The van der Waals surface area contributed by atoms with Gasteiger partial charge in [0.05, 0.1) is 4.90 Å². The van der Waals surface area contributed by atoms with Crippen molar-refractivity contribution in [1.82, 2.24) is 4.31 Å². The van der Waals surface area contributed by atoms with Crippen LogP contribution >= 0.6 is 15.9 Å². The first-order chi connectivity index (χ1) is 9.80. The molecule has 21 heavy (non-hydrogen) atoms. The summed E-state index contributed by atoms with van der Waals surface area (Å²) in [5.74, 6) is -0.340. The quantitative estimate of drug-likeness (QED) is 0.821. The first kappa shape index (κ1) is 16.1. The van der Waals surface area contributed by atoms with Gasteiger partial charge in [0.2, 0.25) is 10.0 Å². The van der Waals surface area contributed by atoms with Gasteiger partial charge >= 0.3 is 0 Å². The van der Waals surface area contributed by atoms with Gasteiger partial charge in [-0.1, -0.05) is 28.1 Å². The van der Waals surface area contributed by atoms with E-state index in [2.05, 4.69) is 15.9 Å². The van der Waals surface area contributed by atoms with Crippen LogP contribution in [-0.2, 0) is 16.6 Å². The van der Waals surface area contributed by atoms with Gasteiger partial charge in [0.15, 0.2) is 0 Å². The maximum Gasteiger partial charge on any atom is 0.243 e. The molecule has 0 spiro atoms. The van der Waals surface area contributed by atoms with Crippen LogP contribution in [0.3, 0.4) is 0 Å². The molecular weight excluding hydrogens is 357 g/mol. The Labute approximate surface area is 132 Å². The van der Waals surface area contributed by atoms with E-state index in [1.165, 1.54) is 23.5 Å². The number of hydrogen-bond donors (Lipinski definition) is 0. The summed E-state index contributed by atoms with van der Waals surface area (Å²) in [6, 6.07) is 10.7. The molecule has 3 nitrogen and oxygen atoms in total. The van der Waals surface area contributed by atoms with Gasteiger partial charge < -0.3 is 0 Å². The van der Waals surface area contributed by atoms with Crippen LogP contribution < -0.4 is 0 Å². The summed E-state index contributed by atoms with van der Waals surface area (Å²) >= 11 is 3.35. The minimum absolute atomic E-state index is 0.192. The summed E-state index contributed by atoms with van der Waals surface area (Å²) < 4.78 is 40.0. The Morgan fingerprint density at radius 1 is 1.14 bits per heavy atom. The molecule has 0 radical (unpaired) electrons. The SMILES string of the molecule is Cc1cc(S(=O)(=O)N(C)Cc2ccc(F)cc2)ccc1Br. The molecule has 0 atom stereocenters. The Morgan fingerprint density at radius 3 is 2.33 bits per heavy atom. The van der Waals surface area contributed by atoms with E-state index < -0.39 is 10.0 Å². The minimum atomic E-state index is -3.57. The first-order valence-corrected chi connectivity index (χ1v) is 8.51. The van der Waals surface area contributed by atoms with Crippen molar-refractivity contribution < 1.29 is 12.8 Å². The van der Waals surface area contributed by atoms with Crippen LogP contribution in [0, 0.1) is 12.7 Å². The number of hydrogen-bond acceptors (Lipinski definition) is 2. The average molecular weight is 372 g/mol. The topological polar surface area (TPSA) is 37.4 Å². The van der Waals surface area contributed by atoms with Crippen LogP contribution in [0.2, 0.25) is 0 Å². The zero-order valence-corrected chi connectivity index (χ0v) is 14.1. The Morgan fingerprint density at radius 2 is 1.76 bits per heavy atom. The second-order valence-electron chi connectivity index (χ2n) is 4.80. The Bertz CT molecular complexity index is 745. The fourth-order valence-electron chi connectivity index (χ4n) is 1.89. The van der Waals surface area contributed by atoms with Crippen LogP contribution in [0.1, 0.15) is 11.1 Å². The number of rotatable bonds is 4. The van der Waals surface area contributed by atoms with Crippen molar-refractivity contribution in [2.24, 2.45) is 0 Å². The van der Waals surface area contributed by atoms with Crippen molar-refractivity contribution in [2.75, 3.05) is 7.05 Å². The average Bonchev–Trinajstić information content (AvgIpc) is 2.44. The van der Waals surface area contributed by atoms with Crippen molar-refractivity contribution in [2.45, 2.75) is 18.4 Å². The molecule has 2 rings (SSSR count). The molecule has 0 aliphatic carbocycles. The number of sulfonamides is 1. The second kappa shape index (κ2) is 6.25. The number of aryl methyl sites for hydroxylation is 1. The summed E-state index contributed by atoms with van der Waals surface area (Å²) in [6.45, 7) is 2.03. The van der Waals surface area contributed by atoms with E-state index in [0.29, 0.717) is 0 Å². The maximum absolute atomic E-state index is 12.9. The molecule has 0 N–H and O–H groups in total. The van der Waals surface area contributed by atoms with E-state index in [9.17, 15) is 12.8 Å². The number of nitrogens with zero attached hydrogens (tertiary/aromatic N) is 1. The van der Waals surface area contributed by atoms with Gasteiger partial charge in [0.1, 0.15) is 5.82 Å². The van der Waals surface area contributed by atoms with Crippen molar-refractivity contribution in [1.29, 1.82) is 0 Å². The lowest BCUT2D eigenvalue weighted by Gasteiger charge is -2.18. The summed E-state index contributed by atoms with van der Waals surface area (Å²) in [4.78, 5) is 0.243. The minimum Gasteiger partial charge on any atom is -0.207 e. The highest BCUT2D eigenvalue weighted by Crippen LogP contribution is 2.23. The van der Waals surface area contributed by atoms with E-state index in [0.717, 1.165) is 15.6 Å². The number of benzene rings is 2. The Hall–Kier alpha value is -1.24. The van der Waals surface area contributed by atoms with Crippen molar-refractivity contribution in [3.8, 4) is 0 Å².